The minimum absolute atomic E-state index is 0.239. The third-order valence-electron chi connectivity index (χ3n) is 3.43. The smallest absolute Gasteiger partial charge is 0.261 e. The molecule has 1 aromatic heterocycles. The molecule has 0 aliphatic rings. The van der Waals surface area contributed by atoms with Gasteiger partial charge in [-0.2, -0.15) is 0 Å². The highest BCUT2D eigenvalue weighted by atomic mass is 32.1. The average Bonchev–Trinajstić information content (AvgIpc) is 3.09. The van der Waals surface area contributed by atoms with Gasteiger partial charge in [0.2, 0.25) is 5.13 Å². The fraction of sp³-hybridized carbons (Fsp3) is 0.167. The minimum Gasteiger partial charge on any atom is -0.488 e. The first-order chi connectivity index (χ1) is 12.2. The van der Waals surface area contributed by atoms with E-state index in [0.717, 1.165) is 17.0 Å². The monoisotopic (exact) mass is 357 g/mol. The van der Waals surface area contributed by atoms with Crippen molar-refractivity contribution in [2.45, 2.75) is 20.0 Å². The molecule has 0 aliphatic heterocycles. The van der Waals surface area contributed by atoms with Gasteiger partial charge in [-0.05, 0) is 36.2 Å². The van der Waals surface area contributed by atoms with Crippen LogP contribution in [0.25, 0.3) is 0 Å². The maximum Gasteiger partial charge on any atom is 0.261 e. The number of hydrogen-bond acceptors (Lipinski definition) is 5. The molecule has 7 heteroatoms. The third-order valence-corrected chi connectivity index (χ3v) is 4.41. The number of benzene rings is 2. The number of nitrogens with one attached hydrogen (secondary N) is 1. The van der Waals surface area contributed by atoms with Crippen LogP contribution in [0.2, 0.25) is 0 Å². The summed E-state index contributed by atoms with van der Waals surface area (Å²) in [4.78, 5) is 12.5. The molecule has 1 N–H and O–H groups in total. The van der Waals surface area contributed by atoms with Gasteiger partial charge in [-0.25, -0.2) is 4.39 Å². The molecule has 3 rings (SSSR count). The van der Waals surface area contributed by atoms with Crippen LogP contribution in [0.1, 0.15) is 27.9 Å². The summed E-state index contributed by atoms with van der Waals surface area (Å²) < 4.78 is 18.7. The number of hydrogen-bond donors (Lipinski definition) is 1. The van der Waals surface area contributed by atoms with Crippen molar-refractivity contribution in [2.75, 3.05) is 5.32 Å². The number of halogens is 1. The molecular weight excluding hydrogens is 341 g/mol. The summed E-state index contributed by atoms with van der Waals surface area (Å²) in [5, 5.41) is 12.0. The maximum atomic E-state index is 13.0. The number of aryl methyl sites for hydroxylation is 1. The lowest BCUT2D eigenvalue weighted by Gasteiger charge is -2.11. The van der Waals surface area contributed by atoms with Crippen molar-refractivity contribution >= 4 is 22.4 Å². The van der Waals surface area contributed by atoms with E-state index in [-0.39, 0.29) is 18.3 Å². The number of aromatic nitrogens is 2. The molecule has 128 valence electrons. The quantitative estimate of drug-likeness (QED) is 0.722. The van der Waals surface area contributed by atoms with Gasteiger partial charge in [-0.15, -0.1) is 10.2 Å². The first-order valence-electron chi connectivity index (χ1n) is 7.75. The number of carbonyl (C=O) groups excluding carboxylic acids is 1. The van der Waals surface area contributed by atoms with Crippen LogP contribution in [-0.4, -0.2) is 16.1 Å². The topological polar surface area (TPSA) is 64.1 Å². The molecule has 0 radical (unpaired) electrons. The summed E-state index contributed by atoms with van der Waals surface area (Å²) in [7, 11) is 0. The average molecular weight is 357 g/mol. The summed E-state index contributed by atoms with van der Waals surface area (Å²) in [6, 6.07) is 13.0. The first-order valence-corrected chi connectivity index (χ1v) is 8.57. The van der Waals surface area contributed by atoms with Gasteiger partial charge in [0.15, 0.2) is 0 Å². The van der Waals surface area contributed by atoms with Crippen molar-refractivity contribution in [3.63, 3.8) is 0 Å². The predicted octanol–water partition coefficient (Wildman–Crippen LogP) is 4.07. The SMILES string of the molecule is CCc1nnc(NC(=O)c2ccccc2OCc2ccc(F)cc2)s1. The third kappa shape index (κ3) is 4.39. The van der Waals surface area contributed by atoms with E-state index in [1.54, 1.807) is 36.4 Å². The van der Waals surface area contributed by atoms with Crippen LogP contribution in [0, 0.1) is 5.82 Å². The lowest BCUT2D eigenvalue weighted by molar-refractivity contribution is 0.102. The Labute approximate surface area is 148 Å². The summed E-state index contributed by atoms with van der Waals surface area (Å²) >= 11 is 1.34. The predicted molar refractivity (Wildman–Crippen MR) is 94.4 cm³/mol. The summed E-state index contributed by atoms with van der Waals surface area (Å²) in [6.45, 7) is 2.22. The second-order valence-corrected chi connectivity index (χ2v) is 6.28. The number of nitrogens with zero attached hydrogens (tertiary/aromatic N) is 2. The van der Waals surface area contributed by atoms with E-state index >= 15 is 0 Å². The highest BCUT2D eigenvalue weighted by Crippen LogP contribution is 2.22. The van der Waals surface area contributed by atoms with Gasteiger partial charge >= 0.3 is 0 Å². The van der Waals surface area contributed by atoms with Crippen LogP contribution in [0.4, 0.5) is 9.52 Å². The van der Waals surface area contributed by atoms with Crippen LogP contribution >= 0.6 is 11.3 Å². The van der Waals surface area contributed by atoms with Crippen LogP contribution < -0.4 is 10.1 Å². The molecule has 1 amide bonds. The molecule has 0 aliphatic carbocycles. The Bertz CT molecular complexity index is 865. The Balaban J connectivity index is 1.71. The second kappa shape index (κ2) is 7.85. The Morgan fingerprint density at radius 3 is 2.64 bits per heavy atom. The number of amides is 1. The van der Waals surface area contributed by atoms with Gasteiger partial charge in [0, 0.05) is 0 Å². The van der Waals surface area contributed by atoms with E-state index < -0.39 is 0 Å². The Kier molecular flexibility index (Phi) is 5.35. The molecular formula is C18H16FN3O2S. The molecule has 0 saturated heterocycles. The van der Waals surface area contributed by atoms with Crippen molar-refractivity contribution < 1.29 is 13.9 Å². The molecule has 25 heavy (non-hydrogen) atoms. The lowest BCUT2D eigenvalue weighted by atomic mass is 10.2. The van der Waals surface area contributed by atoms with Gasteiger partial charge in [0.05, 0.1) is 5.56 Å². The van der Waals surface area contributed by atoms with Gasteiger partial charge in [-0.3, -0.25) is 10.1 Å². The largest absolute Gasteiger partial charge is 0.488 e. The van der Waals surface area contributed by atoms with Crippen LogP contribution in [0.15, 0.2) is 48.5 Å². The van der Waals surface area contributed by atoms with E-state index in [1.165, 1.54) is 23.5 Å². The van der Waals surface area contributed by atoms with Crippen LogP contribution in [0.5, 0.6) is 5.75 Å². The fourth-order valence-corrected chi connectivity index (χ4v) is 2.81. The highest BCUT2D eigenvalue weighted by molar-refractivity contribution is 7.15. The van der Waals surface area contributed by atoms with Crippen molar-refractivity contribution in [3.05, 3.63) is 70.5 Å². The molecule has 1 heterocycles. The van der Waals surface area contributed by atoms with Crippen molar-refractivity contribution in [2.24, 2.45) is 0 Å². The number of carbonyl (C=O) groups is 1. The number of para-hydroxylation sites is 1. The van der Waals surface area contributed by atoms with Crippen molar-refractivity contribution in [1.29, 1.82) is 0 Å². The Hall–Kier alpha value is -2.80. The van der Waals surface area contributed by atoms with Crippen molar-refractivity contribution in [1.82, 2.24) is 10.2 Å². The van der Waals surface area contributed by atoms with E-state index in [1.807, 2.05) is 6.92 Å². The molecule has 0 atom stereocenters. The summed E-state index contributed by atoms with van der Waals surface area (Å²) in [6.07, 6.45) is 0.769. The molecule has 5 nitrogen and oxygen atoms in total. The van der Waals surface area contributed by atoms with Gasteiger partial charge in [0.1, 0.15) is 23.2 Å². The number of ether oxygens (including phenoxy) is 1. The minimum atomic E-state index is -0.312. The van der Waals surface area contributed by atoms with E-state index in [0.29, 0.717) is 16.4 Å². The molecule has 3 aromatic rings. The molecule has 0 bridgehead atoms. The van der Waals surface area contributed by atoms with Crippen LogP contribution in [0.3, 0.4) is 0 Å². The van der Waals surface area contributed by atoms with Crippen molar-refractivity contribution in [3.8, 4) is 5.75 Å². The molecule has 0 saturated carbocycles. The zero-order valence-electron chi connectivity index (χ0n) is 13.5. The number of anilines is 1. The second-order valence-electron chi connectivity index (χ2n) is 5.22. The first kappa shape index (κ1) is 17.0. The fourth-order valence-electron chi connectivity index (χ4n) is 2.13. The molecule has 0 fully saturated rings. The van der Waals surface area contributed by atoms with Crippen LogP contribution in [-0.2, 0) is 13.0 Å². The van der Waals surface area contributed by atoms with E-state index in [9.17, 15) is 9.18 Å². The summed E-state index contributed by atoms with van der Waals surface area (Å²) in [5.41, 5.74) is 1.21. The standard InChI is InChI=1S/C18H16FN3O2S/c1-2-16-21-22-18(25-16)20-17(23)14-5-3-4-6-15(14)24-11-12-7-9-13(19)10-8-12/h3-10H,2,11H2,1H3,(H,20,22,23). The number of rotatable bonds is 6. The normalized spacial score (nSPS) is 10.5. The Morgan fingerprint density at radius 1 is 1.16 bits per heavy atom. The molecule has 2 aromatic carbocycles. The van der Waals surface area contributed by atoms with E-state index in [2.05, 4.69) is 15.5 Å². The van der Waals surface area contributed by atoms with Gasteiger partial charge in [0.25, 0.3) is 5.91 Å². The molecule has 0 spiro atoms. The molecule has 0 unspecified atom stereocenters. The van der Waals surface area contributed by atoms with E-state index in [4.69, 9.17) is 4.74 Å². The highest BCUT2D eigenvalue weighted by Gasteiger charge is 2.14. The van der Waals surface area contributed by atoms with Gasteiger partial charge in [-0.1, -0.05) is 42.5 Å². The Morgan fingerprint density at radius 2 is 1.92 bits per heavy atom. The summed E-state index contributed by atoms with van der Waals surface area (Å²) in [5.74, 6) is -0.162. The zero-order chi connectivity index (χ0) is 17.6. The van der Waals surface area contributed by atoms with Gasteiger partial charge < -0.3 is 4.74 Å². The lowest BCUT2D eigenvalue weighted by Crippen LogP contribution is -2.13. The maximum absolute atomic E-state index is 13.0. The zero-order valence-corrected chi connectivity index (χ0v) is 14.3.